The average molecular weight is 780 g/mol. The van der Waals surface area contributed by atoms with Crippen molar-refractivity contribution in [2.24, 2.45) is 0 Å². The number of halogens is 3. The number of nitriles is 3. The maximum atomic E-state index is 14.8. The van der Waals surface area contributed by atoms with E-state index in [1.54, 1.807) is 24.3 Å². The number of para-hydroxylation sites is 2. The fourth-order valence-electron chi connectivity index (χ4n) is 8.57. The third-order valence-electron chi connectivity index (χ3n) is 11.2. The molecule has 0 N–H and O–H groups in total. The zero-order valence-electron chi connectivity index (χ0n) is 31.5. The molecule has 60 heavy (non-hydrogen) atoms. The first kappa shape index (κ1) is 36.0. The number of hydrogen-bond donors (Lipinski definition) is 0. The third kappa shape index (κ3) is 5.77. The number of benzene rings is 8. The Morgan fingerprint density at radius 2 is 0.900 bits per heavy atom. The topological polar surface area (TPSA) is 81.2 Å². The van der Waals surface area contributed by atoms with Crippen molar-refractivity contribution in [1.82, 2.24) is 9.13 Å². The second-order valence-corrected chi connectivity index (χ2v) is 14.6. The van der Waals surface area contributed by atoms with Gasteiger partial charge in [-0.25, -0.2) is 0 Å². The molecule has 8 aromatic carbocycles. The number of hydrogen-bond acceptors (Lipinski definition) is 3. The predicted molar refractivity (Wildman–Crippen MR) is 231 cm³/mol. The molecule has 0 amide bonds. The molecule has 0 radical (unpaired) electrons. The minimum absolute atomic E-state index is 0.212. The Morgan fingerprint density at radius 3 is 1.43 bits per heavy atom. The van der Waals surface area contributed by atoms with E-state index in [1.807, 2.05) is 130 Å². The number of rotatable bonds is 5. The summed E-state index contributed by atoms with van der Waals surface area (Å²) in [4.78, 5) is 0. The predicted octanol–water partition coefficient (Wildman–Crippen LogP) is 13.5. The maximum Gasteiger partial charge on any atom is 0.416 e. The summed E-state index contributed by atoms with van der Waals surface area (Å²) in [6.45, 7) is 0. The highest BCUT2D eigenvalue weighted by molar-refractivity contribution is 6.13. The van der Waals surface area contributed by atoms with Gasteiger partial charge in [0.25, 0.3) is 0 Å². The van der Waals surface area contributed by atoms with Crippen molar-refractivity contribution in [3.8, 4) is 63.0 Å². The lowest BCUT2D eigenvalue weighted by Gasteiger charge is -2.21. The van der Waals surface area contributed by atoms with E-state index >= 15 is 0 Å². The van der Waals surface area contributed by atoms with Crippen LogP contribution >= 0.6 is 0 Å². The standard InChI is InChI=1S/C52H28F3N5/c53-52(54,55)39-20-23-49(59-45-15-3-1-13-40(45)42-26-36(18-21-47(42)59)34-10-5-8-32(24-34)29-56)44(28-39)51-38(31-58)12-7-17-50(51)60-46-16-4-2-14-41(46)43-27-37(19-22-48(43)60)35-11-6-9-33(25-35)30-57/h1-28H. The normalized spacial score (nSPS) is 11.5. The van der Waals surface area contributed by atoms with Crippen LogP contribution in [0.4, 0.5) is 13.2 Å². The van der Waals surface area contributed by atoms with Crippen molar-refractivity contribution in [2.45, 2.75) is 6.18 Å². The lowest BCUT2D eigenvalue weighted by molar-refractivity contribution is -0.137. The van der Waals surface area contributed by atoms with E-state index in [0.29, 0.717) is 28.1 Å². The summed E-state index contributed by atoms with van der Waals surface area (Å²) >= 11 is 0. The monoisotopic (exact) mass is 779 g/mol. The molecule has 0 spiro atoms. The van der Waals surface area contributed by atoms with Gasteiger partial charge in [0.05, 0.1) is 73.9 Å². The summed E-state index contributed by atoms with van der Waals surface area (Å²) in [5, 5.41) is 33.5. The Kier molecular flexibility index (Phi) is 8.35. The van der Waals surface area contributed by atoms with Crippen LogP contribution in [-0.4, -0.2) is 9.13 Å². The summed E-state index contributed by atoms with van der Waals surface area (Å²) in [7, 11) is 0. The Hall–Kier alpha value is -8.38. The molecule has 0 bridgehead atoms. The first-order valence-electron chi connectivity index (χ1n) is 19.1. The molecule has 282 valence electrons. The van der Waals surface area contributed by atoms with Crippen LogP contribution in [0.25, 0.3) is 88.4 Å². The van der Waals surface area contributed by atoms with Crippen LogP contribution in [0.1, 0.15) is 22.3 Å². The Labute approximate surface area is 341 Å². The molecule has 0 saturated carbocycles. The molecule has 8 heteroatoms. The van der Waals surface area contributed by atoms with Gasteiger partial charge in [-0.15, -0.1) is 0 Å². The van der Waals surface area contributed by atoms with Crippen molar-refractivity contribution < 1.29 is 13.2 Å². The summed E-state index contributed by atoms with van der Waals surface area (Å²) in [6.07, 6.45) is -4.67. The van der Waals surface area contributed by atoms with Crippen molar-refractivity contribution in [3.05, 3.63) is 192 Å². The van der Waals surface area contributed by atoms with Crippen LogP contribution in [0.3, 0.4) is 0 Å². The van der Waals surface area contributed by atoms with Crippen molar-refractivity contribution in [1.29, 1.82) is 15.8 Å². The van der Waals surface area contributed by atoms with Crippen LogP contribution < -0.4 is 0 Å². The molecular weight excluding hydrogens is 752 g/mol. The van der Waals surface area contributed by atoms with Gasteiger partial charge in [-0.2, -0.15) is 29.0 Å². The number of alkyl halides is 3. The van der Waals surface area contributed by atoms with Gasteiger partial charge in [0, 0.05) is 32.7 Å². The third-order valence-corrected chi connectivity index (χ3v) is 11.2. The fraction of sp³-hybridized carbons (Fsp3) is 0.0192. The van der Waals surface area contributed by atoms with Gasteiger partial charge in [-0.3, -0.25) is 0 Å². The SMILES string of the molecule is N#Cc1cccc(-c2ccc3c(c2)c2ccccc2n3-c2ccc(C(F)(F)F)cc2-c2c(C#N)cccc2-n2c3ccccc3c3cc(-c4cccc(C#N)c4)ccc32)c1. The van der Waals surface area contributed by atoms with Gasteiger partial charge in [-0.1, -0.05) is 78.9 Å². The molecule has 0 saturated heterocycles. The lowest BCUT2D eigenvalue weighted by atomic mass is 9.94. The highest BCUT2D eigenvalue weighted by atomic mass is 19.4. The molecule has 5 nitrogen and oxygen atoms in total. The van der Waals surface area contributed by atoms with E-state index in [9.17, 15) is 29.0 Å². The molecule has 0 aliphatic rings. The first-order valence-corrected chi connectivity index (χ1v) is 19.1. The van der Waals surface area contributed by atoms with E-state index in [2.05, 4.69) is 24.3 Å². The Balaban J connectivity index is 1.27. The quantitative estimate of drug-likeness (QED) is 0.174. The molecule has 0 atom stereocenters. The lowest BCUT2D eigenvalue weighted by Crippen LogP contribution is -2.08. The number of nitrogens with zero attached hydrogens (tertiary/aromatic N) is 5. The summed E-state index contributed by atoms with van der Waals surface area (Å²) < 4.78 is 48.4. The molecule has 10 aromatic rings. The molecule has 10 rings (SSSR count). The zero-order valence-corrected chi connectivity index (χ0v) is 31.5. The maximum absolute atomic E-state index is 14.8. The van der Waals surface area contributed by atoms with Crippen LogP contribution in [0.15, 0.2) is 170 Å². The molecule has 2 aromatic heterocycles. The minimum Gasteiger partial charge on any atom is -0.309 e. The first-order chi connectivity index (χ1) is 29.2. The van der Waals surface area contributed by atoms with Crippen LogP contribution in [-0.2, 0) is 6.18 Å². The van der Waals surface area contributed by atoms with Crippen molar-refractivity contribution in [2.75, 3.05) is 0 Å². The van der Waals surface area contributed by atoms with Crippen LogP contribution in [0.5, 0.6) is 0 Å². The minimum atomic E-state index is -4.67. The van der Waals surface area contributed by atoms with E-state index < -0.39 is 11.7 Å². The smallest absolute Gasteiger partial charge is 0.309 e. The Bertz CT molecular complexity index is 3530. The zero-order chi connectivity index (χ0) is 41.1. The molecule has 0 aliphatic carbocycles. The molecular formula is C52H28F3N5. The average Bonchev–Trinajstić information content (AvgIpc) is 3.80. The van der Waals surface area contributed by atoms with Gasteiger partial charge in [0.2, 0.25) is 0 Å². The van der Waals surface area contributed by atoms with Crippen LogP contribution in [0.2, 0.25) is 0 Å². The Morgan fingerprint density at radius 1 is 0.400 bits per heavy atom. The molecule has 0 aliphatic heterocycles. The summed E-state index contributed by atoms with van der Waals surface area (Å²) in [5.41, 5.74) is 8.73. The van der Waals surface area contributed by atoms with Crippen molar-refractivity contribution in [3.63, 3.8) is 0 Å². The second-order valence-electron chi connectivity index (χ2n) is 14.6. The van der Waals surface area contributed by atoms with E-state index in [-0.39, 0.29) is 11.1 Å². The largest absolute Gasteiger partial charge is 0.416 e. The van der Waals surface area contributed by atoms with Gasteiger partial charge >= 0.3 is 6.18 Å². The number of fused-ring (bicyclic) bond motifs is 6. The van der Waals surface area contributed by atoms with Crippen molar-refractivity contribution >= 4 is 43.6 Å². The highest BCUT2D eigenvalue weighted by Crippen LogP contribution is 2.45. The summed E-state index contributed by atoms with van der Waals surface area (Å²) in [5.74, 6) is 0. The second kappa shape index (κ2) is 13.9. The molecule has 0 fully saturated rings. The fourth-order valence-corrected chi connectivity index (χ4v) is 8.57. The van der Waals surface area contributed by atoms with E-state index in [0.717, 1.165) is 78.0 Å². The molecule has 2 heterocycles. The van der Waals surface area contributed by atoms with Gasteiger partial charge in [0.15, 0.2) is 0 Å². The van der Waals surface area contributed by atoms with E-state index in [1.165, 1.54) is 6.07 Å². The van der Waals surface area contributed by atoms with Gasteiger partial charge in [0.1, 0.15) is 0 Å². The van der Waals surface area contributed by atoms with E-state index in [4.69, 9.17) is 0 Å². The van der Waals surface area contributed by atoms with Gasteiger partial charge in [-0.05, 0) is 113 Å². The number of aromatic nitrogens is 2. The van der Waals surface area contributed by atoms with Gasteiger partial charge < -0.3 is 9.13 Å². The summed E-state index contributed by atoms with van der Waals surface area (Å²) in [6, 6.07) is 58.1. The highest BCUT2D eigenvalue weighted by Gasteiger charge is 2.33. The van der Waals surface area contributed by atoms with Crippen LogP contribution in [0, 0.1) is 34.0 Å². The molecule has 0 unspecified atom stereocenters.